The van der Waals surface area contributed by atoms with E-state index in [4.69, 9.17) is 10.8 Å². The van der Waals surface area contributed by atoms with Crippen LogP contribution in [-0.2, 0) is 19.4 Å². The molecule has 20 heavy (non-hydrogen) atoms. The van der Waals surface area contributed by atoms with E-state index in [0.717, 1.165) is 11.2 Å². The first-order valence-corrected chi connectivity index (χ1v) is 7.66. The second-order valence-corrected chi connectivity index (χ2v) is 6.71. The van der Waals surface area contributed by atoms with Crippen LogP contribution in [0.2, 0.25) is 0 Å². The van der Waals surface area contributed by atoms with Crippen LogP contribution in [0.15, 0.2) is 24.3 Å². The first kappa shape index (κ1) is 16.0. The van der Waals surface area contributed by atoms with Gasteiger partial charge in [0.05, 0.1) is 11.4 Å². The van der Waals surface area contributed by atoms with Gasteiger partial charge >= 0.3 is 5.97 Å². The van der Waals surface area contributed by atoms with Gasteiger partial charge in [0.2, 0.25) is 5.91 Å². The van der Waals surface area contributed by atoms with Crippen molar-refractivity contribution in [1.82, 2.24) is 0 Å². The van der Waals surface area contributed by atoms with E-state index in [2.05, 4.69) is 0 Å². The molecular weight excluding hydrogens is 284 g/mol. The lowest BCUT2D eigenvalue weighted by atomic mass is 10.2. The van der Waals surface area contributed by atoms with Gasteiger partial charge in [0.1, 0.15) is 11.8 Å². The summed E-state index contributed by atoms with van der Waals surface area (Å²) in [6.07, 6.45) is 0.920. The monoisotopic (exact) mass is 300 g/mol. The molecule has 1 atom stereocenters. The number of carbonyl (C=O) groups excluding carboxylic acids is 1. The lowest BCUT2D eigenvalue weighted by molar-refractivity contribution is -0.136. The van der Waals surface area contributed by atoms with Crippen molar-refractivity contribution in [1.29, 1.82) is 0 Å². The highest BCUT2D eigenvalue weighted by atomic mass is 32.2. The Morgan fingerprint density at radius 3 is 2.35 bits per heavy atom. The van der Waals surface area contributed by atoms with Crippen LogP contribution in [0.25, 0.3) is 0 Å². The molecule has 0 aliphatic rings. The van der Waals surface area contributed by atoms with Gasteiger partial charge in [0.25, 0.3) is 0 Å². The molecular formula is C12H16N2O5S. The lowest BCUT2D eigenvalue weighted by Gasteiger charge is -2.24. The summed E-state index contributed by atoms with van der Waals surface area (Å²) < 4.78 is 22.9. The number of carbonyl (C=O) groups is 2. The summed E-state index contributed by atoms with van der Waals surface area (Å²) in [6.45, 7) is 0.554. The van der Waals surface area contributed by atoms with Crippen LogP contribution in [0.5, 0.6) is 0 Å². The number of carboxylic acid groups (broad SMARTS) is 1. The van der Waals surface area contributed by atoms with E-state index in [1.807, 2.05) is 0 Å². The van der Waals surface area contributed by atoms with E-state index in [1.54, 1.807) is 12.1 Å². The van der Waals surface area contributed by atoms with E-state index >= 15 is 0 Å². The molecule has 0 aliphatic carbocycles. The molecule has 0 heterocycles. The lowest BCUT2D eigenvalue weighted by Crippen LogP contribution is -2.44. The zero-order valence-corrected chi connectivity index (χ0v) is 11.9. The normalized spacial score (nSPS) is 12.7. The molecule has 0 spiro atoms. The number of benzene rings is 1. The predicted octanol–water partition coefficient (Wildman–Crippen LogP) is 0.119. The molecule has 8 heteroatoms. The minimum atomic E-state index is -3.63. The molecule has 0 aliphatic heterocycles. The third-order valence-electron chi connectivity index (χ3n) is 2.78. The summed E-state index contributed by atoms with van der Waals surface area (Å²) in [7, 11) is -3.63. The molecule has 1 rings (SSSR count). The Kier molecular flexibility index (Phi) is 4.72. The topological polar surface area (TPSA) is 118 Å². The van der Waals surface area contributed by atoms with Crippen molar-refractivity contribution in [3.8, 4) is 0 Å². The van der Waals surface area contributed by atoms with Gasteiger partial charge in [-0.2, -0.15) is 0 Å². The van der Waals surface area contributed by atoms with Crippen molar-refractivity contribution in [3.63, 3.8) is 0 Å². The van der Waals surface area contributed by atoms with Crippen LogP contribution >= 0.6 is 0 Å². The number of para-hydroxylation sites is 2. The van der Waals surface area contributed by atoms with Crippen molar-refractivity contribution in [2.45, 2.75) is 12.2 Å². The standard InChI is InChI=1S/C12H16N2O5S/c1-8(20(2,18)19)12(17)14(7-11(15)16)10-6-4-3-5-9(10)13/h3-6,8H,7,13H2,1-2H3,(H,15,16). The quantitative estimate of drug-likeness (QED) is 0.746. The number of nitrogens with zero attached hydrogens (tertiary/aromatic N) is 1. The number of hydrogen-bond acceptors (Lipinski definition) is 5. The van der Waals surface area contributed by atoms with Crippen LogP contribution in [0.4, 0.5) is 11.4 Å². The van der Waals surface area contributed by atoms with E-state index in [1.165, 1.54) is 19.1 Å². The minimum absolute atomic E-state index is 0.176. The number of rotatable bonds is 5. The summed E-state index contributed by atoms with van der Waals surface area (Å²) in [5, 5.41) is 7.54. The zero-order valence-electron chi connectivity index (χ0n) is 11.1. The average molecular weight is 300 g/mol. The summed E-state index contributed by atoms with van der Waals surface area (Å²) >= 11 is 0. The second kappa shape index (κ2) is 5.91. The largest absolute Gasteiger partial charge is 0.480 e. The average Bonchev–Trinajstić information content (AvgIpc) is 2.34. The third-order valence-corrected chi connectivity index (χ3v) is 4.26. The first-order valence-electron chi connectivity index (χ1n) is 5.71. The fourth-order valence-corrected chi connectivity index (χ4v) is 2.05. The second-order valence-electron chi connectivity index (χ2n) is 4.35. The van der Waals surface area contributed by atoms with Crippen LogP contribution < -0.4 is 10.6 Å². The Labute approximate surface area is 116 Å². The summed E-state index contributed by atoms with van der Waals surface area (Å²) in [6, 6.07) is 6.18. The van der Waals surface area contributed by atoms with Crippen molar-refractivity contribution in [2.24, 2.45) is 0 Å². The molecule has 1 aromatic rings. The van der Waals surface area contributed by atoms with Gasteiger partial charge < -0.3 is 10.8 Å². The number of amides is 1. The molecule has 0 fully saturated rings. The summed E-state index contributed by atoms with van der Waals surface area (Å²) in [4.78, 5) is 24.0. The first-order chi connectivity index (χ1) is 9.14. The Bertz CT molecular complexity index is 626. The molecule has 1 amide bonds. The number of nitrogen functional groups attached to an aromatic ring is 1. The summed E-state index contributed by atoms with van der Waals surface area (Å²) in [5.41, 5.74) is 6.08. The number of nitrogens with two attached hydrogens (primary N) is 1. The minimum Gasteiger partial charge on any atom is -0.480 e. The SMILES string of the molecule is CC(C(=O)N(CC(=O)O)c1ccccc1N)S(C)(=O)=O. The Morgan fingerprint density at radius 2 is 1.90 bits per heavy atom. The van der Waals surface area contributed by atoms with Gasteiger partial charge in [-0.15, -0.1) is 0 Å². The Hall–Kier alpha value is -2.09. The molecule has 1 aromatic carbocycles. The third kappa shape index (κ3) is 3.70. The molecule has 0 radical (unpaired) electrons. The molecule has 0 bridgehead atoms. The van der Waals surface area contributed by atoms with Crippen molar-refractivity contribution in [3.05, 3.63) is 24.3 Å². The van der Waals surface area contributed by atoms with Gasteiger partial charge in [0.15, 0.2) is 9.84 Å². The number of carboxylic acids is 1. The predicted molar refractivity (Wildman–Crippen MR) is 75.1 cm³/mol. The van der Waals surface area contributed by atoms with Gasteiger partial charge in [-0.25, -0.2) is 8.42 Å². The fourth-order valence-electron chi connectivity index (χ4n) is 1.55. The van der Waals surface area contributed by atoms with Crippen LogP contribution in [-0.4, -0.2) is 43.5 Å². The van der Waals surface area contributed by atoms with Crippen molar-refractivity contribution < 1.29 is 23.1 Å². The van der Waals surface area contributed by atoms with Crippen molar-refractivity contribution >= 4 is 33.1 Å². The van der Waals surface area contributed by atoms with E-state index in [0.29, 0.717) is 0 Å². The van der Waals surface area contributed by atoms with Crippen LogP contribution in [0.1, 0.15) is 6.92 Å². The molecule has 0 saturated carbocycles. The Morgan fingerprint density at radius 1 is 1.35 bits per heavy atom. The van der Waals surface area contributed by atoms with Crippen LogP contribution in [0.3, 0.4) is 0 Å². The highest BCUT2D eigenvalue weighted by molar-refractivity contribution is 7.92. The number of sulfone groups is 1. The smallest absolute Gasteiger partial charge is 0.323 e. The van der Waals surface area contributed by atoms with E-state index in [9.17, 15) is 18.0 Å². The highest BCUT2D eigenvalue weighted by Crippen LogP contribution is 2.23. The zero-order chi connectivity index (χ0) is 15.5. The van der Waals surface area contributed by atoms with E-state index < -0.39 is 33.5 Å². The van der Waals surface area contributed by atoms with Gasteiger partial charge in [-0.1, -0.05) is 12.1 Å². The number of anilines is 2. The van der Waals surface area contributed by atoms with E-state index in [-0.39, 0.29) is 11.4 Å². The highest BCUT2D eigenvalue weighted by Gasteiger charge is 2.31. The molecule has 0 aromatic heterocycles. The number of aliphatic carboxylic acids is 1. The fraction of sp³-hybridized carbons (Fsp3) is 0.333. The maximum absolute atomic E-state index is 12.2. The molecule has 1 unspecified atom stereocenters. The van der Waals surface area contributed by atoms with Gasteiger partial charge in [-0.3, -0.25) is 14.5 Å². The molecule has 0 saturated heterocycles. The van der Waals surface area contributed by atoms with Crippen molar-refractivity contribution in [2.75, 3.05) is 23.4 Å². The number of hydrogen-bond donors (Lipinski definition) is 2. The van der Waals surface area contributed by atoms with Gasteiger partial charge in [0, 0.05) is 6.26 Å². The molecule has 7 nitrogen and oxygen atoms in total. The Balaban J connectivity index is 3.24. The molecule has 110 valence electrons. The maximum Gasteiger partial charge on any atom is 0.323 e. The van der Waals surface area contributed by atoms with Crippen LogP contribution in [0, 0.1) is 0 Å². The molecule has 3 N–H and O–H groups in total. The summed E-state index contributed by atoms with van der Waals surface area (Å²) in [5.74, 6) is -2.09. The van der Waals surface area contributed by atoms with Gasteiger partial charge in [-0.05, 0) is 19.1 Å². The maximum atomic E-state index is 12.2.